The Hall–Kier alpha value is -2.30. The van der Waals surface area contributed by atoms with Crippen LogP contribution in [0.15, 0.2) is 42.5 Å². The van der Waals surface area contributed by atoms with Gasteiger partial charge in [-0.15, -0.1) is 0 Å². The van der Waals surface area contributed by atoms with Crippen molar-refractivity contribution in [1.82, 2.24) is 0 Å². The Kier molecular flexibility index (Phi) is 4.35. The van der Waals surface area contributed by atoms with Crippen molar-refractivity contribution in [2.24, 2.45) is 0 Å². The number of esters is 1. The second-order valence-electron chi connectivity index (χ2n) is 5.93. The van der Waals surface area contributed by atoms with Gasteiger partial charge in [-0.05, 0) is 54.2 Å². The third-order valence-electron chi connectivity index (χ3n) is 4.52. The molecule has 0 heterocycles. The van der Waals surface area contributed by atoms with Gasteiger partial charge in [0, 0.05) is 5.92 Å². The van der Waals surface area contributed by atoms with E-state index in [0.717, 1.165) is 30.0 Å². The minimum Gasteiger partial charge on any atom is -0.465 e. The van der Waals surface area contributed by atoms with Crippen LogP contribution in [0, 0.1) is 0 Å². The summed E-state index contributed by atoms with van der Waals surface area (Å²) in [6.45, 7) is 0. The highest BCUT2D eigenvalue weighted by Gasteiger charge is 2.36. The molecule has 0 aromatic heterocycles. The quantitative estimate of drug-likeness (QED) is 0.726. The molecule has 2 nitrogen and oxygen atoms in total. The minimum atomic E-state index is -4.39. The molecule has 1 aliphatic rings. The van der Waals surface area contributed by atoms with Crippen LogP contribution in [0.5, 0.6) is 0 Å². The number of carbonyl (C=O) groups excluding carboxylic acids is 1. The fourth-order valence-corrected chi connectivity index (χ4v) is 3.43. The van der Waals surface area contributed by atoms with Gasteiger partial charge in [0.15, 0.2) is 0 Å². The molecule has 0 saturated carbocycles. The monoisotopic (exact) mass is 334 g/mol. The second kappa shape index (κ2) is 6.30. The van der Waals surface area contributed by atoms with Crippen molar-refractivity contribution in [3.05, 3.63) is 70.3 Å². The van der Waals surface area contributed by atoms with Crippen LogP contribution in [-0.4, -0.2) is 13.1 Å². The Morgan fingerprint density at radius 1 is 1.12 bits per heavy atom. The lowest BCUT2D eigenvalue weighted by Gasteiger charge is -2.28. The zero-order chi connectivity index (χ0) is 17.3. The fourth-order valence-electron chi connectivity index (χ4n) is 3.43. The zero-order valence-electron chi connectivity index (χ0n) is 13.2. The van der Waals surface area contributed by atoms with Gasteiger partial charge in [0.1, 0.15) is 0 Å². The molecule has 1 aliphatic carbocycles. The van der Waals surface area contributed by atoms with Crippen LogP contribution in [0.1, 0.15) is 51.4 Å². The van der Waals surface area contributed by atoms with Gasteiger partial charge in [0.25, 0.3) is 0 Å². The number of halogens is 3. The van der Waals surface area contributed by atoms with Crippen LogP contribution < -0.4 is 0 Å². The normalized spacial score (nSPS) is 17.2. The van der Waals surface area contributed by atoms with E-state index in [1.165, 1.54) is 19.2 Å². The van der Waals surface area contributed by atoms with Crippen molar-refractivity contribution in [1.29, 1.82) is 0 Å². The summed E-state index contributed by atoms with van der Waals surface area (Å²) >= 11 is 0. The summed E-state index contributed by atoms with van der Waals surface area (Å²) in [6.07, 6.45) is -2.14. The van der Waals surface area contributed by atoms with E-state index in [2.05, 4.69) is 0 Å². The van der Waals surface area contributed by atoms with Crippen molar-refractivity contribution in [2.45, 2.75) is 31.4 Å². The van der Waals surface area contributed by atoms with Crippen molar-refractivity contribution < 1.29 is 22.7 Å². The summed E-state index contributed by atoms with van der Waals surface area (Å²) < 4.78 is 44.8. The molecule has 126 valence electrons. The van der Waals surface area contributed by atoms with Gasteiger partial charge >= 0.3 is 12.1 Å². The van der Waals surface area contributed by atoms with Crippen LogP contribution in [0.2, 0.25) is 0 Å². The van der Waals surface area contributed by atoms with E-state index in [1.807, 2.05) is 6.07 Å². The molecule has 0 radical (unpaired) electrons. The lowest BCUT2D eigenvalue weighted by molar-refractivity contribution is -0.138. The number of methoxy groups -OCH3 is 1. The van der Waals surface area contributed by atoms with Gasteiger partial charge < -0.3 is 4.74 Å². The van der Waals surface area contributed by atoms with Gasteiger partial charge in [-0.1, -0.05) is 24.3 Å². The zero-order valence-corrected chi connectivity index (χ0v) is 13.2. The minimum absolute atomic E-state index is 0.271. The number of rotatable bonds is 2. The Balaban J connectivity index is 2.12. The first-order valence-corrected chi connectivity index (χ1v) is 7.79. The first-order chi connectivity index (χ1) is 11.4. The SMILES string of the molecule is COC(=O)c1ccc2c(c1)C(c1ccccc1C(F)(F)F)CCC2. The van der Waals surface area contributed by atoms with Crippen molar-refractivity contribution in [3.63, 3.8) is 0 Å². The van der Waals surface area contributed by atoms with Crippen LogP contribution in [-0.2, 0) is 17.3 Å². The number of fused-ring (bicyclic) bond motifs is 1. The number of ether oxygens (including phenoxy) is 1. The molecule has 1 unspecified atom stereocenters. The van der Waals surface area contributed by atoms with Crippen LogP contribution in [0.25, 0.3) is 0 Å². The van der Waals surface area contributed by atoms with Gasteiger partial charge in [-0.2, -0.15) is 13.2 Å². The standard InChI is InChI=1S/C19H17F3O2/c1-24-18(23)13-10-9-12-5-4-7-14(16(12)11-13)15-6-2-3-8-17(15)19(20,21)22/h2-3,6,8-11,14H,4-5,7H2,1H3. The molecule has 0 amide bonds. The molecule has 3 rings (SSSR count). The van der Waals surface area contributed by atoms with Crippen LogP contribution in [0.4, 0.5) is 13.2 Å². The summed E-state index contributed by atoms with van der Waals surface area (Å²) in [4.78, 5) is 11.8. The molecule has 1 atom stereocenters. The Bertz CT molecular complexity index is 765. The molecule has 0 spiro atoms. The van der Waals surface area contributed by atoms with E-state index < -0.39 is 17.7 Å². The first kappa shape index (κ1) is 16.6. The van der Waals surface area contributed by atoms with E-state index in [4.69, 9.17) is 4.74 Å². The lowest BCUT2D eigenvalue weighted by Crippen LogP contribution is -2.17. The maximum Gasteiger partial charge on any atom is 0.416 e. The van der Waals surface area contributed by atoms with E-state index in [9.17, 15) is 18.0 Å². The maximum absolute atomic E-state index is 13.4. The second-order valence-corrected chi connectivity index (χ2v) is 5.93. The molecular weight excluding hydrogens is 317 g/mol. The van der Waals surface area contributed by atoms with Gasteiger partial charge in [0.2, 0.25) is 0 Å². The number of aryl methyl sites for hydroxylation is 1. The van der Waals surface area contributed by atoms with Crippen molar-refractivity contribution >= 4 is 5.97 Å². The summed E-state index contributed by atoms with van der Waals surface area (Å²) in [7, 11) is 1.29. The highest BCUT2D eigenvalue weighted by molar-refractivity contribution is 5.89. The molecular formula is C19H17F3O2. The maximum atomic E-state index is 13.4. The Labute approximate surface area is 138 Å². The summed E-state index contributed by atoms with van der Waals surface area (Å²) in [5.41, 5.74) is 1.82. The predicted molar refractivity (Wildman–Crippen MR) is 84.0 cm³/mol. The van der Waals surface area contributed by atoms with Crippen molar-refractivity contribution in [2.75, 3.05) is 7.11 Å². The molecule has 2 aromatic carbocycles. The van der Waals surface area contributed by atoms with Gasteiger partial charge in [-0.25, -0.2) is 4.79 Å². The van der Waals surface area contributed by atoms with E-state index in [0.29, 0.717) is 12.0 Å². The molecule has 24 heavy (non-hydrogen) atoms. The molecule has 0 saturated heterocycles. The molecule has 0 fully saturated rings. The average molecular weight is 334 g/mol. The van der Waals surface area contributed by atoms with Gasteiger partial charge in [-0.3, -0.25) is 0 Å². The Morgan fingerprint density at radius 2 is 1.88 bits per heavy atom. The molecule has 2 aromatic rings. The number of alkyl halides is 3. The topological polar surface area (TPSA) is 26.3 Å². The highest BCUT2D eigenvalue weighted by atomic mass is 19.4. The third kappa shape index (κ3) is 3.03. The first-order valence-electron chi connectivity index (χ1n) is 7.79. The Morgan fingerprint density at radius 3 is 2.58 bits per heavy atom. The molecule has 0 N–H and O–H groups in total. The predicted octanol–water partition coefficient (Wildman–Crippen LogP) is 4.96. The molecule has 0 bridgehead atoms. The van der Waals surface area contributed by atoms with Gasteiger partial charge in [0.05, 0.1) is 18.2 Å². The summed E-state index contributed by atoms with van der Waals surface area (Å²) in [6, 6.07) is 10.9. The number of carbonyl (C=O) groups is 1. The summed E-state index contributed by atoms with van der Waals surface area (Å²) in [5.74, 6) is -0.845. The van der Waals surface area contributed by atoms with Crippen molar-refractivity contribution in [3.8, 4) is 0 Å². The van der Waals surface area contributed by atoms with Crippen LogP contribution >= 0.6 is 0 Å². The number of hydrogen-bond donors (Lipinski definition) is 0. The third-order valence-corrected chi connectivity index (χ3v) is 4.52. The molecule has 0 aliphatic heterocycles. The highest BCUT2D eigenvalue weighted by Crippen LogP contribution is 2.42. The molecule has 5 heteroatoms. The smallest absolute Gasteiger partial charge is 0.416 e. The average Bonchev–Trinajstić information content (AvgIpc) is 2.59. The van der Waals surface area contributed by atoms with E-state index in [1.54, 1.807) is 18.2 Å². The fraction of sp³-hybridized carbons (Fsp3) is 0.316. The largest absolute Gasteiger partial charge is 0.465 e. The van der Waals surface area contributed by atoms with E-state index in [-0.39, 0.29) is 11.5 Å². The number of hydrogen-bond acceptors (Lipinski definition) is 2. The number of benzene rings is 2. The summed E-state index contributed by atoms with van der Waals surface area (Å²) in [5, 5.41) is 0. The van der Waals surface area contributed by atoms with Crippen LogP contribution in [0.3, 0.4) is 0 Å². The van der Waals surface area contributed by atoms with E-state index >= 15 is 0 Å². The lowest BCUT2D eigenvalue weighted by atomic mass is 9.77.